The molecule has 2 nitrogen and oxygen atoms in total. The van der Waals surface area contributed by atoms with Crippen molar-refractivity contribution in [2.24, 2.45) is 0 Å². The first-order valence-electron chi connectivity index (χ1n) is 4.55. The summed E-state index contributed by atoms with van der Waals surface area (Å²) in [4.78, 5) is 11.6. The third-order valence-corrected chi connectivity index (χ3v) is 3.77. The summed E-state index contributed by atoms with van der Waals surface area (Å²) in [6, 6.07) is 0. The zero-order valence-corrected chi connectivity index (χ0v) is 8.75. The molecular weight excluding hydrogens is 182 g/mol. The quantitative estimate of drug-likeness (QED) is 0.547. The van der Waals surface area contributed by atoms with Gasteiger partial charge in [0.25, 0.3) is 0 Å². The van der Waals surface area contributed by atoms with Crippen LogP contribution in [-0.4, -0.2) is 23.0 Å². The van der Waals surface area contributed by atoms with Crippen molar-refractivity contribution in [1.82, 2.24) is 5.32 Å². The van der Waals surface area contributed by atoms with Crippen LogP contribution in [0, 0.1) is 12.3 Å². The third kappa shape index (κ3) is 2.67. The lowest BCUT2D eigenvalue weighted by atomic mass is 10.1. The molecule has 0 aromatic heterocycles. The number of carbonyl (C=O) groups excluding carboxylic acids is 1. The van der Waals surface area contributed by atoms with E-state index in [0.29, 0.717) is 13.0 Å². The van der Waals surface area contributed by atoms with E-state index in [1.54, 1.807) is 11.8 Å². The molecular formula is C10H15NOS. The van der Waals surface area contributed by atoms with E-state index in [9.17, 15) is 4.79 Å². The number of carbonyl (C=O) groups is 1. The third-order valence-electron chi connectivity index (χ3n) is 2.25. The molecule has 1 unspecified atom stereocenters. The standard InChI is InChI=1S/C10H15NOS/c1-3-4-7-11-9(12)10(2)6-5-8-13-10/h1H,4-8H2,2H3,(H,11,12). The zero-order chi connectivity index (χ0) is 9.73. The van der Waals surface area contributed by atoms with Gasteiger partial charge in [-0.15, -0.1) is 24.1 Å². The molecule has 0 spiro atoms. The number of rotatable bonds is 3. The van der Waals surface area contributed by atoms with Crippen LogP contribution in [0.25, 0.3) is 0 Å². The molecule has 0 bridgehead atoms. The molecule has 0 aliphatic carbocycles. The highest BCUT2D eigenvalue weighted by Crippen LogP contribution is 2.37. The van der Waals surface area contributed by atoms with Crippen molar-refractivity contribution in [3.63, 3.8) is 0 Å². The van der Waals surface area contributed by atoms with E-state index in [-0.39, 0.29) is 10.7 Å². The molecule has 3 heteroatoms. The lowest BCUT2D eigenvalue weighted by Gasteiger charge is -2.20. The van der Waals surface area contributed by atoms with E-state index in [0.717, 1.165) is 18.6 Å². The predicted molar refractivity (Wildman–Crippen MR) is 56.6 cm³/mol. The summed E-state index contributed by atoms with van der Waals surface area (Å²) in [5.41, 5.74) is 0. The normalized spacial score (nSPS) is 26.8. The van der Waals surface area contributed by atoms with E-state index in [2.05, 4.69) is 11.2 Å². The first-order valence-corrected chi connectivity index (χ1v) is 5.53. The van der Waals surface area contributed by atoms with Crippen molar-refractivity contribution < 1.29 is 4.79 Å². The van der Waals surface area contributed by atoms with E-state index in [4.69, 9.17) is 6.42 Å². The molecule has 1 N–H and O–H groups in total. The van der Waals surface area contributed by atoms with E-state index >= 15 is 0 Å². The van der Waals surface area contributed by atoms with Gasteiger partial charge in [0.05, 0.1) is 4.75 Å². The Hall–Kier alpha value is -0.620. The second-order valence-electron chi connectivity index (χ2n) is 3.39. The lowest BCUT2D eigenvalue weighted by molar-refractivity contribution is -0.123. The van der Waals surface area contributed by atoms with Crippen molar-refractivity contribution in [2.45, 2.75) is 30.9 Å². The van der Waals surface area contributed by atoms with Gasteiger partial charge in [-0.1, -0.05) is 0 Å². The summed E-state index contributed by atoms with van der Waals surface area (Å²) in [7, 11) is 0. The van der Waals surface area contributed by atoms with Gasteiger partial charge in [0.2, 0.25) is 5.91 Å². The Morgan fingerprint density at radius 3 is 3.08 bits per heavy atom. The molecule has 1 saturated heterocycles. The molecule has 0 radical (unpaired) electrons. The summed E-state index contributed by atoms with van der Waals surface area (Å²) >= 11 is 1.75. The fraction of sp³-hybridized carbons (Fsp3) is 0.700. The zero-order valence-electron chi connectivity index (χ0n) is 7.93. The van der Waals surface area contributed by atoms with Crippen LogP contribution in [0.5, 0.6) is 0 Å². The summed E-state index contributed by atoms with van der Waals surface area (Å²) in [6.07, 6.45) is 7.84. The Bertz CT molecular complexity index is 226. The van der Waals surface area contributed by atoms with Crippen LogP contribution in [-0.2, 0) is 4.79 Å². The summed E-state index contributed by atoms with van der Waals surface area (Å²) in [5.74, 6) is 3.74. The highest BCUT2D eigenvalue weighted by molar-refractivity contribution is 8.01. The summed E-state index contributed by atoms with van der Waals surface area (Å²) < 4.78 is -0.200. The van der Waals surface area contributed by atoms with Crippen LogP contribution >= 0.6 is 11.8 Å². The maximum absolute atomic E-state index is 11.6. The molecule has 1 heterocycles. The van der Waals surface area contributed by atoms with Gasteiger partial charge in [0.15, 0.2) is 0 Å². The van der Waals surface area contributed by atoms with Gasteiger partial charge in [-0.05, 0) is 25.5 Å². The SMILES string of the molecule is C#CCCNC(=O)C1(C)CCCS1. The fourth-order valence-corrected chi connectivity index (χ4v) is 2.62. The van der Waals surface area contributed by atoms with Crippen molar-refractivity contribution in [3.8, 4) is 12.3 Å². The molecule has 0 saturated carbocycles. The Labute approximate surface area is 83.9 Å². The Balaban J connectivity index is 2.34. The van der Waals surface area contributed by atoms with Gasteiger partial charge in [-0.25, -0.2) is 0 Å². The number of terminal acetylenes is 1. The van der Waals surface area contributed by atoms with Crippen LogP contribution in [0.3, 0.4) is 0 Å². The summed E-state index contributed by atoms with van der Waals surface area (Å²) in [6.45, 7) is 2.61. The minimum atomic E-state index is -0.200. The summed E-state index contributed by atoms with van der Waals surface area (Å²) in [5, 5.41) is 2.86. The van der Waals surface area contributed by atoms with Gasteiger partial charge in [0, 0.05) is 13.0 Å². The smallest absolute Gasteiger partial charge is 0.235 e. The van der Waals surface area contributed by atoms with Crippen molar-refractivity contribution >= 4 is 17.7 Å². The van der Waals surface area contributed by atoms with E-state index < -0.39 is 0 Å². The second kappa shape index (κ2) is 4.57. The highest BCUT2D eigenvalue weighted by atomic mass is 32.2. The Kier molecular flexibility index (Phi) is 3.68. The first-order chi connectivity index (χ1) is 6.19. The second-order valence-corrected chi connectivity index (χ2v) is 4.99. The number of amides is 1. The molecule has 13 heavy (non-hydrogen) atoms. The number of thioether (sulfide) groups is 1. The topological polar surface area (TPSA) is 29.1 Å². The van der Waals surface area contributed by atoms with E-state index in [1.807, 2.05) is 6.92 Å². The maximum atomic E-state index is 11.6. The van der Waals surface area contributed by atoms with Gasteiger partial charge in [-0.3, -0.25) is 4.79 Å². The molecule has 1 aliphatic rings. The number of nitrogens with one attached hydrogen (secondary N) is 1. The molecule has 1 rings (SSSR count). The number of hydrogen-bond acceptors (Lipinski definition) is 2. The molecule has 1 amide bonds. The van der Waals surface area contributed by atoms with Crippen molar-refractivity contribution in [2.75, 3.05) is 12.3 Å². The molecule has 0 aromatic carbocycles. The fourth-order valence-electron chi connectivity index (χ4n) is 1.39. The molecule has 0 aromatic rings. The number of hydrogen-bond donors (Lipinski definition) is 1. The monoisotopic (exact) mass is 197 g/mol. The largest absolute Gasteiger partial charge is 0.354 e. The predicted octanol–water partition coefficient (Wildman–Crippen LogP) is 1.41. The van der Waals surface area contributed by atoms with Gasteiger partial charge in [-0.2, -0.15) is 0 Å². The molecule has 1 aliphatic heterocycles. The minimum absolute atomic E-state index is 0.144. The average Bonchev–Trinajstić information content (AvgIpc) is 2.54. The van der Waals surface area contributed by atoms with Crippen LogP contribution < -0.4 is 5.32 Å². The van der Waals surface area contributed by atoms with Crippen molar-refractivity contribution in [3.05, 3.63) is 0 Å². The minimum Gasteiger partial charge on any atom is -0.354 e. The van der Waals surface area contributed by atoms with Gasteiger partial charge < -0.3 is 5.32 Å². The van der Waals surface area contributed by atoms with Crippen LogP contribution in [0.2, 0.25) is 0 Å². The maximum Gasteiger partial charge on any atom is 0.235 e. The van der Waals surface area contributed by atoms with Crippen LogP contribution in [0.4, 0.5) is 0 Å². The van der Waals surface area contributed by atoms with Crippen LogP contribution in [0.1, 0.15) is 26.2 Å². The average molecular weight is 197 g/mol. The Morgan fingerprint density at radius 1 is 1.77 bits per heavy atom. The van der Waals surface area contributed by atoms with Crippen LogP contribution in [0.15, 0.2) is 0 Å². The lowest BCUT2D eigenvalue weighted by Crippen LogP contribution is -2.40. The van der Waals surface area contributed by atoms with Crippen molar-refractivity contribution in [1.29, 1.82) is 0 Å². The first kappa shape index (κ1) is 10.5. The van der Waals surface area contributed by atoms with Gasteiger partial charge >= 0.3 is 0 Å². The molecule has 1 atom stereocenters. The molecule has 72 valence electrons. The van der Waals surface area contributed by atoms with E-state index in [1.165, 1.54) is 0 Å². The van der Waals surface area contributed by atoms with Gasteiger partial charge in [0.1, 0.15) is 0 Å². The highest BCUT2D eigenvalue weighted by Gasteiger charge is 2.36. The molecule has 1 fully saturated rings. The Morgan fingerprint density at radius 2 is 2.54 bits per heavy atom.